The molecule has 0 fully saturated rings. The number of hydrogen-bond acceptors (Lipinski definition) is 3. The minimum absolute atomic E-state index is 0.00304. The molecule has 0 aliphatic rings. The molecule has 0 radical (unpaired) electrons. The van der Waals surface area contributed by atoms with Gasteiger partial charge in [0.2, 0.25) is 11.8 Å². The van der Waals surface area contributed by atoms with Crippen molar-refractivity contribution in [2.45, 2.75) is 58.5 Å². The van der Waals surface area contributed by atoms with E-state index < -0.39 is 6.04 Å². The van der Waals surface area contributed by atoms with Crippen molar-refractivity contribution in [2.24, 2.45) is 0 Å². The lowest BCUT2D eigenvalue weighted by Gasteiger charge is -2.31. The quantitative estimate of drug-likeness (QED) is 0.622. The number of benzene rings is 2. The molecule has 156 valence electrons. The smallest absolute Gasteiger partial charge is 0.243 e. The third-order valence-corrected chi connectivity index (χ3v) is 5.62. The number of rotatable bonds is 10. The molecule has 2 amide bonds. The molecule has 1 atom stereocenters. The van der Waals surface area contributed by atoms with Crippen LogP contribution in [0.5, 0.6) is 0 Å². The second-order valence-electron chi connectivity index (χ2n) is 7.57. The Morgan fingerprint density at radius 3 is 2.24 bits per heavy atom. The van der Waals surface area contributed by atoms with Gasteiger partial charge in [-0.05, 0) is 38.3 Å². The van der Waals surface area contributed by atoms with Crippen LogP contribution in [0.4, 0.5) is 0 Å². The van der Waals surface area contributed by atoms with Crippen LogP contribution in [-0.4, -0.2) is 34.6 Å². The van der Waals surface area contributed by atoms with Crippen molar-refractivity contribution >= 4 is 23.6 Å². The molecule has 0 bridgehead atoms. The first-order valence-corrected chi connectivity index (χ1v) is 11.3. The normalized spacial score (nSPS) is 11.9. The molecule has 0 spiro atoms. The molecule has 4 nitrogen and oxygen atoms in total. The molecule has 0 heterocycles. The molecule has 2 rings (SSSR count). The lowest BCUT2D eigenvalue weighted by atomic mass is 10.1. The van der Waals surface area contributed by atoms with Gasteiger partial charge in [0.25, 0.3) is 0 Å². The van der Waals surface area contributed by atoms with Crippen molar-refractivity contribution in [1.29, 1.82) is 0 Å². The van der Waals surface area contributed by atoms with Gasteiger partial charge in [-0.2, -0.15) is 0 Å². The Kier molecular flexibility index (Phi) is 9.26. The highest BCUT2D eigenvalue weighted by molar-refractivity contribution is 7.99. The highest BCUT2D eigenvalue weighted by Crippen LogP contribution is 2.17. The first-order chi connectivity index (χ1) is 13.9. The van der Waals surface area contributed by atoms with Crippen LogP contribution in [0.3, 0.4) is 0 Å². The standard InChI is InChI=1S/C24H32N2O2S/c1-5-22(24(28)25-18(2)3)26(15-20-9-7-6-8-10-20)23(27)17-29-16-21-13-11-19(4)12-14-21/h6-14,18,22H,5,15-17H2,1-4H3,(H,25,28). The van der Waals surface area contributed by atoms with E-state index in [-0.39, 0.29) is 17.9 Å². The second-order valence-corrected chi connectivity index (χ2v) is 8.56. The Morgan fingerprint density at radius 2 is 1.66 bits per heavy atom. The Bertz CT molecular complexity index is 775. The number of thioether (sulfide) groups is 1. The van der Waals surface area contributed by atoms with Crippen LogP contribution < -0.4 is 5.32 Å². The van der Waals surface area contributed by atoms with Gasteiger partial charge >= 0.3 is 0 Å². The zero-order valence-electron chi connectivity index (χ0n) is 17.9. The van der Waals surface area contributed by atoms with E-state index >= 15 is 0 Å². The Balaban J connectivity index is 2.08. The highest BCUT2D eigenvalue weighted by Gasteiger charge is 2.28. The summed E-state index contributed by atoms with van der Waals surface area (Å²) in [6.45, 7) is 8.33. The maximum atomic E-state index is 13.1. The van der Waals surface area contributed by atoms with Crippen LogP contribution >= 0.6 is 11.8 Å². The highest BCUT2D eigenvalue weighted by atomic mass is 32.2. The van der Waals surface area contributed by atoms with Crippen molar-refractivity contribution in [2.75, 3.05) is 5.75 Å². The fourth-order valence-corrected chi connectivity index (χ4v) is 3.97. The van der Waals surface area contributed by atoms with Crippen LogP contribution in [0, 0.1) is 6.92 Å². The van der Waals surface area contributed by atoms with Gasteiger partial charge in [-0.25, -0.2) is 0 Å². The zero-order chi connectivity index (χ0) is 21.2. The predicted molar refractivity (Wildman–Crippen MR) is 122 cm³/mol. The topological polar surface area (TPSA) is 49.4 Å². The van der Waals surface area contributed by atoms with Crippen molar-refractivity contribution < 1.29 is 9.59 Å². The summed E-state index contributed by atoms with van der Waals surface area (Å²) in [5.41, 5.74) is 3.46. The van der Waals surface area contributed by atoms with Gasteiger partial charge in [0, 0.05) is 18.3 Å². The molecule has 0 saturated carbocycles. The number of hydrogen-bond donors (Lipinski definition) is 1. The summed E-state index contributed by atoms with van der Waals surface area (Å²) in [4.78, 5) is 27.6. The molecule has 2 aromatic rings. The number of nitrogens with one attached hydrogen (secondary N) is 1. The van der Waals surface area contributed by atoms with E-state index in [9.17, 15) is 9.59 Å². The summed E-state index contributed by atoms with van der Waals surface area (Å²) in [6, 6.07) is 17.8. The van der Waals surface area contributed by atoms with Gasteiger partial charge in [-0.1, -0.05) is 67.1 Å². The van der Waals surface area contributed by atoms with Crippen LogP contribution in [-0.2, 0) is 21.9 Å². The van der Waals surface area contributed by atoms with E-state index in [0.29, 0.717) is 18.7 Å². The van der Waals surface area contributed by atoms with Gasteiger partial charge in [0.15, 0.2) is 0 Å². The van der Waals surface area contributed by atoms with Gasteiger partial charge in [0.1, 0.15) is 6.04 Å². The lowest BCUT2D eigenvalue weighted by Crippen LogP contribution is -2.50. The molecular weight excluding hydrogens is 380 g/mol. The second kappa shape index (κ2) is 11.7. The molecule has 0 aliphatic heterocycles. The summed E-state index contributed by atoms with van der Waals surface area (Å²) in [5.74, 6) is 1.04. The van der Waals surface area contributed by atoms with Crippen molar-refractivity contribution in [3.63, 3.8) is 0 Å². The zero-order valence-corrected chi connectivity index (χ0v) is 18.7. The van der Waals surface area contributed by atoms with Crippen molar-refractivity contribution in [3.8, 4) is 0 Å². The molecule has 5 heteroatoms. The minimum atomic E-state index is -0.468. The van der Waals surface area contributed by atoms with E-state index in [1.54, 1.807) is 16.7 Å². The van der Waals surface area contributed by atoms with Gasteiger partial charge in [-0.15, -0.1) is 11.8 Å². The fraction of sp³-hybridized carbons (Fsp3) is 0.417. The molecule has 29 heavy (non-hydrogen) atoms. The van der Waals surface area contributed by atoms with Crippen LogP contribution in [0.2, 0.25) is 0 Å². The van der Waals surface area contributed by atoms with E-state index in [1.807, 2.05) is 51.1 Å². The number of amides is 2. The first kappa shape index (κ1) is 23.0. The van der Waals surface area contributed by atoms with Gasteiger partial charge in [0.05, 0.1) is 5.75 Å². The van der Waals surface area contributed by atoms with E-state index in [1.165, 1.54) is 11.1 Å². The average molecular weight is 413 g/mol. The molecule has 0 aliphatic carbocycles. The number of nitrogens with zero attached hydrogens (tertiary/aromatic N) is 1. The minimum Gasteiger partial charge on any atom is -0.352 e. The van der Waals surface area contributed by atoms with E-state index in [0.717, 1.165) is 11.3 Å². The monoisotopic (exact) mass is 412 g/mol. The molecular formula is C24H32N2O2S. The SMILES string of the molecule is CCC(C(=O)NC(C)C)N(Cc1ccccc1)C(=O)CSCc1ccc(C)cc1. The van der Waals surface area contributed by atoms with Gasteiger partial charge in [-0.3, -0.25) is 9.59 Å². The van der Waals surface area contributed by atoms with Crippen LogP contribution in [0.15, 0.2) is 54.6 Å². The maximum absolute atomic E-state index is 13.1. The fourth-order valence-electron chi connectivity index (χ4n) is 3.10. The molecule has 1 unspecified atom stereocenters. The first-order valence-electron chi connectivity index (χ1n) is 10.2. The third kappa shape index (κ3) is 7.58. The summed E-state index contributed by atoms with van der Waals surface area (Å²) in [6.07, 6.45) is 0.583. The predicted octanol–water partition coefficient (Wildman–Crippen LogP) is 4.56. The molecule has 2 aromatic carbocycles. The Labute approximate surface area is 179 Å². The summed E-state index contributed by atoms with van der Waals surface area (Å²) < 4.78 is 0. The molecule has 0 saturated heterocycles. The number of carbonyl (C=O) groups is 2. The molecule has 1 N–H and O–H groups in total. The maximum Gasteiger partial charge on any atom is 0.243 e. The molecule has 0 aromatic heterocycles. The van der Waals surface area contributed by atoms with Crippen LogP contribution in [0.25, 0.3) is 0 Å². The average Bonchev–Trinajstić information content (AvgIpc) is 2.69. The van der Waals surface area contributed by atoms with Crippen molar-refractivity contribution in [3.05, 3.63) is 71.3 Å². The van der Waals surface area contributed by atoms with E-state index in [2.05, 4.69) is 36.5 Å². The third-order valence-electron chi connectivity index (χ3n) is 4.63. The lowest BCUT2D eigenvalue weighted by molar-refractivity contribution is -0.139. The number of aryl methyl sites for hydroxylation is 1. The van der Waals surface area contributed by atoms with Crippen LogP contribution in [0.1, 0.15) is 43.9 Å². The summed E-state index contributed by atoms with van der Waals surface area (Å²) in [7, 11) is 0. The van der Waals surface area contributed by atoms with Gasteiger partial charge < -0.3 is 10.2 Å². The Morgan fingerprint density at radius 1 is 1.00 bits per heavy atom. The van der Waals surface area contributed by atoms with Crippen molar-refractivity contribution in [1.82, 2.24) is 10.2 Å². The number of carbonyl (C=O) groups excluding carboxylic acids is 2. The summed E-state index contributed by atoms with van der Waals surface area (Å²) in [5, 5.41) is 2.96. The summed E-state index contributed by atoms with van der Waals surface area (Å²) >= 11 is 1.59. The Hall–Kier alpha value is -2.27. The van der Waals surface area contributed by atoms with E-state index in [4.69, 9.17) is 0 Å². The largest absolute Gasteiger partial charge is 0.352 e.